The molecule has 5 nitrogen and oxygen atoms in total. The van der Waals surface area contributed by atoms with Crippen LogP contribution in [0.15, 0.2) is 47.4 Å². The molecule has 0 spiro atoms. The largest absolute Gasteiger partial charge is 1.00 e. The van der Waals surface area contributed by atoms with Gasteiger partial charge in [0.2, 0.25) is 0 Å². The summed E-state index contributed by atoms with van der Waals surface area (Å²) in [6, 6.07) is 10.4. The number of aryl methyl sites for hydroxylation is 1. The van der Waals surface area contributed by atoms with E-state index in [4.69, 9.17) is 9.29 Å². The molecule has 7 heteroatoms. The summed E-state index contributed by atoms with van der Waals surface area (Å²) in [6.07, 6.45) is 7.81. The van der Waals surface area contributed by atoms with Gasteiger partial charge in [0.15, 0.2) is 0 Å². The van der Waals surface area contributed by atoms with Crippen molar-refractivity contribution in [3.8, 4) is 17.2 Å². The second-order valence-corrected chi connectivity index (χ2v) is 7.76. The minimum Gasteiger partial charge on any atom is -0.872 e. The molecule has 2 rings (SSSR count). The predicted molar refractivity (Wildman–Crippen MR) is 99.3 cm³/mol. The molecular formula is C20H25NaO5S. The van der Waals surface area contributed by atoms with E-state index >= 15 is 0 Å². The summed E-state index contributed by atoms with van der Waals surface area (Å²) in [5.41, 5.74) is 0.763. The maximum Gasteiger partial charge on any atom is 1.00 e. The van der Waals surface area contributed by atoms with Gasteiger partial charge in [-0.25, -0.2) is 0 Å². The molecule has 2 aromatic rings. The van der Waals surface area contributed by atoms with Crippen LogP contribution in [0.3, 0.4) is 0 Å². The van der Waals surface area contributed by atoms with E-state index in [1.54, 1.807) is 18.2 Å². The Bertz CT molecular complexity index is 821. The first-order chi connectivity index (χ1) is 12.4. The molecule has 0 heterocycles. The molecule has 1 N–H and O–H groups in total. The van der Waals surface area contributed by atoms with Gasteiger partial charge >= 0.3 is 29.6 Å². The van der Waals surface area contributed by atoms with Gasteiger partial charge in [-0.15, -0.1) is 5.75 Å². The third-order valence-corrected chi connectivity index (χ3v) is 5.03. The van der Waals surface area contributed by atoms with E-state index < -0.39 is 10.1 Å². The van der Waals surface area contributed by atoms with Crippen LogP contribution in [0, 0.1) is 0 Å². The Morgan fingerprint density at radius 3 is 2.30 bits per heavy atom. The zero-order valence-corrected chi connectivity index (χ0v) is 18.8. The number of ether oxygens (including phenoxy) is 1. The van der Waals surface area contributed by atoms with Crippen molar-refractivity contribution in [2.24, 2.45) is 0 Å². The molecule has 0 saturated heterocycles. The van der Waals surface area contributed by atoms with Crippen LogP contribution >= 0.6 is 0 Å². The van der Waals surface area contributed by atoms with Crippen LogP contribution in [0.25, 0.3) is 0 Å². The summed E-state index contributed by atoms with van der Waals surface area (Å²) < 4.78 is 37.0. The van der Waals surface area contributed by atoms with Gasteiger partial charge in [-0.05, 0) is 37.1 Å². The number of hydrogen-bond donors (Lipinski definition) is 1. The summed E-state index contributed by atoms with van der Waals surface area (Å²) >= 11 is 0. The predicted octanol–water partition coefficient (Wildman–Crippen LogP) is 1.71. The van der Waals surface area contributed by atoms with Crippen LogP contribution in [-0.4, -0.2) is 13.0 Å². The van der Waals surface area contributed by atoms with Crippen molar-refractivity contribution in [2.75, 3.05) is 0 Å². The van der Waals surface area contributed by atoms with Crippen molar-refractivity contribution in [1.82, 2.24) is 0 Å². The average molecular weight is 400 g/mol. The van der Waals surface area contributed by atoms with Crippen LogP contribution in [0.4, 0.5) is 0 Å². The molecular weight excluding hydrogens is 375 g/mol. The van der Waals surface area contributed by atoms with Gasteiger partial charge in [-0.1, -0.05) is 56.7 Å². The third-order valence-electron chi connectivity index (χ3n) is 4.18. The molecule has 0 atom stereocenters. The normalized spacial score (nSPS) is 11.0. The number of hydrogen-bond acceptors (Lipinski definition) is 4. The second-order valence-electron chi connectivity index (χ2n) is 6.34. The third kappa shape index (κ3) is 8.23. The van der Waals surface area contributed by atoms with Crippen molar-refractivity contribution in [2.45, 2.75) is 56.8 Å². The van der Waals surface area contributed by atoms with E-state index in [1.807, 2.05) is 0 Å². The van der Waals surface area contributed by atoms with Crippen molar-refractivity contribution in [3.05, 3.63) is 48.0 Å². The number of unbranched alkanes of at least 4 members (excludes halogenated alkanes) is 5. The first kappa shape index (κ1) is 24.0. The van der Waals surface area contributed by atoms with Crippen LogP contribution in [0.1, 0.15) is 51.0 Å². The minimum atomic E-state index is -4.29. The molecule has 0 fully saturated rings. The van der Waals surface area contributed by atoms with Crippen molar-refractivity contribution in [1.29, 1.82) is 0 Å². The Morgan fingerprint density at radius 2 is 1.63 bits per heavy atom. The van der Waals surface area contributed by atoms with E-state index in [0.717, 1.165) is 24.8 Å². The quantitative estimate of drug-likeness (QED) is 0.373. The molecule has 0 bridgehead atoms. The van der Waals surface area contributed by atoms with Gasteiger partial charge in [-0.3, -0.25) is 4.55 Å². The molecule has 2 aromatic carbocycles. The zero-order valence-electron chi connectivity index (χ0n) is 16.0. The monoisotopic (exact) mass is 400 g/mol. The number of benzene rings is 2. The van der Waals surface area contributed by atoms with Gasteiger partial charge in [0.1, 0.15) is 11.5 Å². The van der Waals surface area contributed by atoms with Crippen molar-refractivity contribution < 1.29 is 52.4 Å². The van der Waals surface area contributed by atoms with E-state index in [0.29, 0.717) is 5.75 Å². The zero-order chi connectivity index (χ0) is 19.0. The molecule has 0 radical (unpaired) electrons. The van der Waals surface area contributed by atoms with Gasteiger partial charge in [0.25, 0.3) is 10.1 Å². The molecule has 0 unspecified atom stereocenters. The fourth-order valence-corrected chi connectivity index (χ4v) is 3.25. The van der Waals surface area contributed by atoms with Gasteiger partial charge in [0, 0.05) is 6.07 Å². The summed E-state index contributed by atoms with van der Waals surface area (Å²) in [7, 11) is -4.29. The van der Waals surface area contributed by atoms with Crippen LogP contribution in [0.5, 0.6) is 17.2 Å². The van der Waals surface area contributed by atoms with E-state index in [1.165, 1.54) is 49.9 Å². The van der Waals surface area contributed by atoms with Gasteiger partial charge < -0.3 is 9.84 Å². The summed E-state index contributed by atoms with van der Waals surface area (Å²) in [5.74, 6) is 0.499. The van der Waals surface area contributed by atoms with Gasteiger partial charge in [-0.2, -0.15) is 8.42 Å². The summed E-state index contributed by atoms with van der Waals surface area (Å²) in [6.45, 7) is 2.19. The first-order valence-corrected chi connectivity index (χ1v) is 10.4. The molecule has 27 heavy (non-hydrogen) atoms. The topological polar surface area (TPSA) is 86.7 Å². The SMILES string of the molecule is CCCCCCCCc1ccc(Oc2cccc(S(=O)(=O)O)c2)cc1[O-].[Na+]. The average Bonchev–Trinajstić information content (AvgIpc) is 2.59. The maximum atomic E-state index is 12.2. The maximum absolute atomic E-state index is 12.2. The van der Waals surface area contributed by atoms with Crippen LogP contribution in [-0.2, 0) is 16.5 Å². The molecule has 0 aromatic heterocycles. The molecule has 0 aliphatic carbocycles. The van der Waals surface area contributed by atoms with E-state index in [2.05, 4.69) is 6.92 Å². The summed E-state index contributed by atoms with van der Waals surface area (Å²) in [5, 5.41) is 12.2. The smallest absolute Gasteiger partial charge is 0.872 e. The molecule has 0 aliphatic heterocycles. The van der Waals surface area contributed by atoms with E-state index in [9.17, 15) is 13.5 Å². The number of rotatable bonds is 10. The molecule has 0 saturated carbocycles. The van der Waals surface area contributed by atoms with Crippen LogP contribution < -0.4 is 39.4 Å². The van der Waals surface area contributed by atoms with Crippen molar-refractivity contribution >= 4 is 10.1 Å². The van der Waals surface area contributed by atoms with E-state index in [-0.39, 0.29) is 46.0 Å². The fourth-order valence-electron chi connectivity index (χ4n) is 2.73. The minimum absolute atomic E-state index is 0. The molecule has 0 amide bonds. The molecule has 142 valence electrons. The van der Waals surface area contributed by atoms with Crippen molar-refractivity contribution in [3.63, 3.8) is 0 Å². The second kappa shape index (κ2) is 11.7. The summed E-state index contributed by atoms with van der Waals surface area (Å²) in [4.78, 5) is -0.253. The Morgan fingerprint density at radius 1 is 0.963 bits per heavy atom. The Hall–Kier alpha value is -1.05. The van der Waals surface area contributed by atoms with Gasteiger partial charge in [0.05, 0.1) is 4.90 Å². The molecule has 0 aliphatic rings. The Labute approximate surface area is 183 Å². The van der Waals surface area contributed by atoms with Crippen LogP contribution in [0.2, 0.25) is 0 Å². The Balaban J connectivity index is 0.00000364. The first-order valence-electron chi connectivity index (χ1n) is 8.95. The standard InChI is InChI=1S/C20H26O5S.Na/c1-2-3-4-5-6-7-9-16-12-13-18(15-20(16)21)25-17-10-8-11-19(14-17)26(22,23)24;/h8,10-15,21H,2-7,9H2,1H3,(H,22,23,24);/q;+1/p-1. The fraction of sp³-hybridized carbons (Fsp3) is 0.400. The Kier molecular flexibility index (Phi) is 10.4.